The van der Waals surface area contributed by atoms with Gasteiger partial charge in [-0.15, -0.1) is 11.3 Å². The van der Waals surface area contributed by atoms with Gasteiger partial charge in [-0.3, -0.25) is 14.2 Å². The Balaban J connectivity index is 2.20. The molecule has 0 unspecified atom stereocenters. The zero-order chi connectivity index (χ0) is 14.9. The average Bonchev–Trinajstić information content (AvgIpc) is 2.86. The fraction of sp³-hybridized carbons (Fsp3) is 0.200. The first-order chi connectivity index (χ1) is 9.28. The number of hydrogen-bond donors (Lipinski definition) is 2. The summed E-state index contributed by atoms with van der Waals surface area (Å²) in [5.74, 6) is -1.06. The summed E-state index contributed by atoms with van der Waals surface area (Å²) in [5, 5.41) is 12.4. The minimum atomic E-state index is -3.69. The van der Waals surface area contributed by atoms with E-state index in [0.29, 0.717) is 0 Å². The molecule has 0 aliphatic rings. The van der Waals surface area contributed by atoms with Crippen molar-refractivity contribution in [3.63, 3.8) is 0 Å². The standard InChI is InChI=1S/C10H10BrN3O4S2/c1-6-2-9(19-10(6)11)20(17,18)13-7-3-12-14(4-7)5-8(15)16/h2-4,13H,5H2,1H3,(H,15,16). The normalized spacial score (nSPS) is 11.5. The first-order valence-electron chi connectivity index (χ1n) is 5.31. The molecule has 0 radical (unpaired) electrons. The summed E-state index contributed by atoms with van der Waals surface area (Å²) in [5.41, 5.74) is 1.05. The summed E-state index contributed by atoms with van der Waals surface area (Å²) in [6.45, 7) is 1.47. The van der Waals surface area contributed by atoms with Crippen molar-refractivity contribution in [3.8, 4) is 0 Å². The lowest BCUT2D eigenvalue weighted by Crippen LogP contribution is -2.11. The second-order valence-electron chi connectivity index (χ2n) is 3.95. The van der Waals surface area contributed by atoms with Crippen LogP contribution in [0.15, 0.2) is 26.5 Å². The maximum atomic E-state index is 12.1. The number of aryl methyl sites for hydroxylation is 1. The molecule has 0 atom stereocenters. The minimum Gasteiger partial charge on any atom is -0.480 e. The second kappa shape index (κ2) is 5.54. The fourth-order valence-electron chi connectivity index (χ4n) is 1.41. The van der Waals surface area contributed by atoms with Crippen LogP contribution in [0.3, 0.4) is 0 Å². The molecule has 2 rings (SSSR count). The molecular weight excluding hydrogens is 370 g/mol. The third-order valence-corrected chi connectivity index (χ3v) is 6.27. The van der Waals surface area contributed by atoms with E-state index in [2.05, 4.69) is 25.8 Å². The van der Waals surface area contributed by atoms with E-state index in [-0.39, 0.29) is 16.4 Å². The van der Waals surface area contributed by atoms with Crippen molar-refractivity contribution in [2.75, 3.05) is 4.72 Å². The minimum absolute atomic E-state index is 0.174. The van der Waals surface area contributed by atoms with Crippen LogP contribution in [0.4, 0.5) is 5.69 Å². The molecule has 0 aliphatic heterocycles. The molecule has 20 heavy (non-hydrogen) atoms. The van der Waals surface area contributed by atoms with Gasteiger partial charge in [0.1, 0.15) is 10.8 Å². The highest BCUT2D eigenvalue weighted by atomic mass is 79.9. The van der Waals surface area contributed by atoms with Gasteiger partial charge in [-0.25, -0.2) is 8.42 Å². The molecule has 108 valence electrons. The number of nitrogens with one attached hydrogen (secondary N) is 1. The largest absolute Gasteiger partial charge is 0.480 e. The number of carboxylic acids is 1. The monoisotopic (exact) mass is 379 g/mol. The summed E-state index contributed by atoms with van der Waals surface area (Å²) in [7, 11) is -3.69. The highest BCUT2D eigenvalue weighted by Gasteiger charge is 2.19. The van der Waals surface area contributed by atoms with Gasteiger partial charge in [-0.05, 0) is 34.5 Å². The van der Waals surface area contributed by atoms with Gasteiger partial charge in [0.2, 0.25) is 0 Å². The fourth-order valence-corrected chi connectivity index (χ4v) is 4.66. The predicted octanol–water partition coefficient (Wildman–Crippen LogP) is 1.90. The van der Waals surface area contributed by atoms with Gasteiger partial charge in [0.15, 0.2) is 0 Å². The maximum absolute atomic E-state index is 12.1. The number of sulfonamides is 1. The third-order valence-electron chi connectivity index (χ3n) is 2.28. The molecule has 0 bridgehead atoms. The number of anilines is 1. The molecular formula is C10H10BrN3O4S2. The van der Waals surface area contributed by atoms with Crippen molar-refractivity contribution in [2.45, 2.75) is 17.7 Å². The number of thiophene rings is 1. The van der Waals surface area contributed by atoms with Crippen LogP contribution < -0.4 is 4.72 Å². The number of carbonyl (C=O) groups is 1. The number of aliphatic carboxylic acids is 1. The lowest BCUT2D eigenvalue weighted by molar-refractivity contribution is -0.137. The summed E-state index contributed by atoms with van der Waals surface area (Å²) in [6, 6.07) is 1.55. The molecule has 10 heteroatoms. The zero-order valence-electron chi connectivity index (χ0n) is 10.2. The van der Waals surface area contributed by atoms with Crippen LogP contribution in [-0.2, 0) is 21.4 Å². The van der Waals surface area contributed by atoms with Gasteiger partial charge >= 0.3 is 5.97 Å². The number of nitrogens with zero attached hydrogens (tertiary/aromatic N) is 2. The number of rotatable bonds is 5. The van der Waals surface area contributed by atoms with E-state index in [1.807, 2.05) is 0 Å². The molecule has 0 aromatic carbocycles. The quantitative estimate of drug-likeness (QED) is 0.825. The second-order valence-corrected chi connectivity index (χ2v) is 8.23. The van der Waals surface area contributed by atoms with Crippen LogP contribution >= 0.6 is 27.3 Å². The van der Waals surface area contributed by atoms with E-state index in [0.717, 1.165) is 25.4 Å². The number of aromatic nitrogens is 2. The molecule has 0 saturated heterocycles. The van der Waals surface area contributed by atoms with E-state index >= 15 is 0 Å². The highest BCUT2D eigenvalue weighted by Crippen LogP contribution is 2.31. The summed E-state index contributed by atoms with van der Waals surface area (Å²) in [6.07, 6.45) is 2.58. The van der Waals surface area contributed by atoms with Crippen LogP contribution in [-0.4, -0.2) is 29.3 Å². The van der Waals surface area contributed by atoms with Gasteiger partial charge < -0.3 is 5.11 Å². The van der Waals surface area contributed by atoms with Crippen molar-refractivity contribution < 1.29 is 18.3 Å². The van der Waals surface area contributed by atoms with Crippen LogP contribution in [0.5, 0.6) is 0 Å². The molecule has 0 fully saturated rings. The van der Waals surface area contributed by atoms with Crippen molar-refractivity contribution in [3.05, 3.63) is 27.8 Å². The van der Waals surface area contributed by atoms with Crippen LogP contribution in [0.25, 0.3) is 0 Å². The number of halogens is 1. The molecule has 7 nitrogen and oxygen atoms in total. The van der Waals surface area contributed by atoms with Gasteiger partial charge in [0.25, 0.3) is 10.0 Å². The molecule has 2 aromatic heterocycles. The van der Waals surface area contributed by atoms with Crippen molar-refractivity contribution in [1.82, 2.24) is 9.78 Å². The SMILES string of the molecule is Cc1cc(S(=O)(=O)Nc2cnn(CC(=O)O)c2)sc1Br. The smallest absolute Gasteiger partial charge is 0.325 e. The Hall–Kier alpha value is -1.39. The zero-order valence-corrected chi connectivity index (χ0v) is 13.4. The van der Waals surface area contributed by atoms with Gasteiger partial charge in [-0.2, -0.15) is 5.10 Å². The Morgan fingerprint density at radius 1 is 1.60 bits per heavy atom. The van der Waals surface area contributed by atoms with Crippen LogP contribution in [0.1, 0.15) is 5.56 Å². The van der Waals surface area contributed by atoms with E-state index in [1.54, 1.807) is 13.0 Å². The Bertz CT molecular complexity index is 731. The lowest BCUT2D eigenvalue weighted by Gasteiger charge is -2.02. The van der Waals surface area contributed by atoms with E-state index in [1.165, 1.54) is 12.4 Å². The summed E-state index contributed by atoms with van der Waals surface area (Å²) >= 11 is 4.37. The van der Waals surface area contributed by atoms with Gasteiger partial charge in [0, 0.05) is 6.20 Å². The molecule has 2 heterocycles. The van der Waals surface area contributed by atoms with E-state index in [9.17, 15) is 13.2 Å². The first kappa shape index (κ1) is 15.0. The number of carboxylic acid groups (broad SMARTS) is 1. The van der Waals surface area contributed by atoms with Crippen molar-refractivity contribution in [1.29, 1.82) is 0 Å². The number of hydrogen-bond acceptors (Lipinski definition) is 5. The van der Waals surface area contributed by atoms with Gasteiger partial charge in [0.05, 0.1) is 15.7 Å². The summed E-state index contributed by atoms with van der Waals surface area (Å²) < 4.78 is 28.7. The topological polar surface area (TPSA) is 101 Å². The molecule has 2 N–H and O–H groups in total. The van der Waals surface area contributed by atoms with Crippen molar-refractivity contribution >= 4 is 48.9 Å². The molecule has 0 amide bonds. The Labute approximate surface area is 127 Å². The third kappa shape index (κ3) is 3.38. The Morgan fingerprint density at radius 3 is 2.85 bits per heavy atom. The average molecular weight is 380 g/mol. The highest BCUT2D eigenvalue weighted by molar-refractivity contribution is 9.11. The van der Waals surface area contributed by atoms with E-state index in [4.69, 9.17) is 5.11 Å². The van der Waals surface area contributed by atoms with Crippen molar-refractivity contribution in [2.24, 2.45) is 0 Å². The maximum Gasteiger partial charge on any atom is 0.325 e. The lowest BCUT2D eigenvalue weighted by atomic mass is 10.4. The predicted molar refractivity (Wildman–Crippen MR) is 77.4 cm³/mol. The van der Waals surface area contributed by atoms with Crippen LogP contribution in [0, 0.1) is 6.92 Å². The first-order valence-corrected chi connectivity index (χ1v) is 8.40. The molecule has 2 aromatic rings. The molecule has 0 aliphatic carbocycles. The molecule has 0 spiro atoms. The van der Waals surface area contributed by atoms with Crippen LogP contribution in [0.2, 0.25) is 0 Å². The van der Waals surface area contributed by atoms with Gasteiger partial charge in [-0.1, -0.05) is 0 Å². The molecule has 0 saturated carbocycles. The summed E-state index contributed by atoms with van der Waals surface area (Å²) in [4.78, 5) is 10.5. The Kier molecular flexibility index (Phi) is 4.16. The Morgan fingerprint density at radius 2 is 2.30 bits per heavy atom. The van der Waals surface area contributed by atoms with E-state index < -0.39 is 16.0 Å².